The molecule has 0 bridgehead atoms. The molecule has 4 N–H and O–H groups in total. The molecule has 1 rings (SSSR count). The molecule has 1 saturated heterocycles. The first-order valence-electron chi connectivity index (χ1n) is 3.86. The maximum absolute atomic E-state index is 11.0. The van der Waals surface area contributed by atoms with Crippen LogP contribution in [0.4, 0.5) is 0 Å². The monoisotopic (exact) mass is 171 g/mol. The quantitative estimate of drug-likeness (QED) is 0.502. The van der Waals surface area contributed by atoms with E-state index in [1.807, 2.05) is 0 Å². The van der Waals surface area contributed by atoms with Gasteiger partial charge in [0.2, 0.25) is 11.8 Å². The molecule has 0 spiro atoms. The van der Waals surface area contributed by atoms with E-state index < -0.39 is 5.91 Å². The molecular formula is C7H13N3O2. The summed E-state index contributed by atoms with van der Waals surface area (Å²) in [7, 11) is 0. The fraction of sp³-hybridized carbons (Fsp3) is 0.714. The smallest absolute Gasteiger partial charge is 0.241 e. The number of hydrogen-bond acceptors (Lipinski definition) is 3. The molecule has 0 radical (unpaired) electrons. The van der Waals surface area contributed by atoms with E-state index in [4.69, 9.17) is 11.5 Å². The first kappa shape index (κ1) is 8.99. The summed E-state index contributed by atoms with van der Waals surface area (Å²) in [6.45, 7) is 2.32. The maximum Gasteiger partial charge on any atom is 0.241 e. The van der Waals surface area contributed by atoms with Crippen LogP contribution in [0.2, 0.25) is 0 Å². The van der Waals surface area contributed by atoms with Crippen LogP contribution in [0.1, 0.15) is 13.3 Å². The van der Waals surface area contributed by atoms with Gasteiger partial charge in [0, 0.05) is 19.0 Å². The molecule has 5 heteroatoms. The van der Waals surface area contributed by atoms with E-state index in [0.29, 0.717) is 6.54 Å². The highest BCUT2D eigenvalue weighted by Gasteiger charge is 2.36. The number of β-lactam (4-membered cyclic amide) rings is 1. The van der Waals surface area contributed by atoms with E-state index in [0.717, 1.165) is 0 Å². The predicted octanol–water partition coefficient (Wildman–Crippen LogP) is -1.58. The summed E-state index contributed by atoms with van der Waals surface area (Å²) in [5.74, 6) is -0.487. The summed E-state index contributed by atoms with van der Waals surface area (Å²) < 4.78 is 0. The van der Waals surface area contributed by atoms with Crippen LogP contribution in [-0.4, -0.2) is 35.3 Å². The lowest BCUT2D eigenvalue weighted by Crippen LogP contribution is -2.63. The molecule has 12 heavy (non-hydrogen) atoms. The molecule has 0 saturated carbocycles. The van der Waals surface area contributed by atoms with Gasteiger partial charge in [0.1, 0.15) is 6.04 Å². The molecular weight excluding hydrogens is 158 g/mol. The number of amides is 2. The SMILES string of the molecule is CC(CC(N)=O)N1CC(N)C1=O. The average molecular weight is 171 g/mol. The van der Waals surface area contributed by atoms with E-state index in [9.17, 15) is 9.59 Å². The molecule has 0 aliphatic carbocycles. The Labute approximate surface area is 70.7 Å². The largest absolute Gasteiger partial charge is 0.370 e. The number of carbonyl (C=O) groups is 2. The van der Waals surface area contributed by atoms with Crippen LogP contribution < -0.4 is 11.5 Å². The van der Waals surface area contributed by atoms with Gasteiger partial charge in [-0.2, -0.15) is 0 Å². The summed E-state index contributed by atoms with van der Waals surface area (Å²) in [6, 6.07) is -0.491. The van der Waals surface area contributed by atoms with Gasteiger partial charge in [0.15, 0.2) is 0 Å². The Balaban J connectivity index is 2.40. The minimum Gasteiger partial charge on any atom is -0.370 e. The molecule has 1 heterocycles. The second-order valence-corrected chi connectivity index (χ2v) is 3.12. The van der Waals surface area contributed by atoms with Crippen LogP contribution in [0.5, 0.6) is 0 Å². The van der Waals surface area contributed by atoms with Crippen molar-refractivity contribution in [2.75, 3.05) is 6.54 Å². The first-order valence-corrected chi connectivity index (χ1v) is 3.86. The Morgan fingerprint density at radius 2 is 2.42 bits per heavy atom. The number of rotatable bonds is 3. The number of likely N-dealkylation sites (tertiary alicyclic amines) is 1. The van der Waals surface area contributed by atoms with Crippen molar-refractivity contribution in [3.05, 3.63) is 0 Å². The molecule has 0 aromatic rings. The van der Waals surface area contributed by atoms with Gasteiger partial charge in [0.05, 0.1) is 0 Å². The third kappa shape index (κ3) is 1.55. The molecule has 5 nitrogen and oxygen atoms in total. The van der Waals surface area contributed by atoms with E-state index in [-0.39, 0.29) is 24.4 Å². The van der Waals surface area contributed by atoms with Crippen molar-refractivity contribution in [2.45, 2.75) is 25.4 Å². The standard InChI is InChI=1S/C7H13N3O2/c1-4(2-6(9)11)10-3-5(8)7(10)12/h4-5H,2-3,8H2,1H3,(H2,9,11). The molecule has 0 aromatic heterocycles. The molecule has 2 amide bonds. The van der Waals surface area contributed by atoms with Crippen molar-refractivity contribution in [3.63, 3.8) is 0 Å². The number of nitrogens with zero attached hydrogens (tertiary/aromatic N) is 1. The van der Waals surface area contributed by atoms with E-state index in [2.05, 4.69) is 0 Å². The number of primary amides is 1. The fourth-order valence-electron chi connectivity index (χ4n) is 1.28. The highest BCUT2D eigenvalue weighted by Crippen LogP contribution is 2.14. The van der Waals surface area contributed by atoms with E-state index >= 15 is 0 Å². The number of carbonyl (C=O) groups excluding carboxylic acids is 2. The second-order valence-electron chi connectivity index (χ2n) is 3.12. The van der Waals surface area contributed by atoms with E-state index in [1.165, 1.54) is 0 Å². The van der Waals surface area contributed by atoms with Gasteiger partial charge in [-0.1, -0.05) is 0 Å². The van der Waals surface area contributed by atoms with Crippen LogP contribution in [-0.2, 0) is 9.59 Å². The highest BCUT2D eigenvalue weighted by molar-refractivity contribution is 5.88. The van der Waals surface area contributed by atoms with Crippen molar-refractivity contribution in [2.24, 2.45) is 11.5 Å². The van der Waals surface area contributed by atoms with E-state index in [1.54, 1.807) is 11.8 Å². The molecule has 1 aliphatic rings. The Hall–Kier alpha value is -1.10. The molecule has 68 valence electrons. The lowest BCUT2D eigenvalue weighted by atomic mass is 10.0. The van der Waals surface area contributed by atoms with Crippen molar-refractivity contribution < 1.29 is 9.59 Å². The van der Waals surface area contributed by atoms with Crippen LogP contribution in [0.25, 0.3) is 0 Å². The average Bonchev–Trinajstić information content (AvgIpc) is 1.97. The molecule has 0 aromatic carbocycles. The van der Waals surface area contributed by atoms with Crippen molar-refractivity contribution in [1.29, 1.82) is 0 Å². The topological polar surface area (TPSA) is 89.4 Å². The predicted molar refractivity (Wildman–Crippen MR) is 43.0 cm³/mol. The highest BCUT2D eigenvalue weighted by atomic mass is 16.2. The Morgan fingerprint density at radius 3 is 2.75 bits per heavy atom. The van der Waals surface area contributed by atoms with Gasteiger partial charge in [-0.05, 0) is 6.92 Å². The van der Waals surface area contributed by atoms with Crippen LogP contribution in [0.15, 0.2) is 0 Å². The maximum atomic E-state index is 11.0. The van der Waals surface area contributed by atoms with Crippen molar-refractivity contribution in [3.8, 4) is 0 Å². The molecule has 1 fully saturated rings. The van der Waals surface area contributed by atoms with Gasteiger partial charge in [-0.15, -0.1) is 0 Å². The summed E-state index contributed by atoms with van der Waals surface area (Å²) in [5, 5.41) is 0. The van der Waals surface area contributed by atoms with Gasteiger partial charge in [-0.3, -0.25) is 9.59 Å². The third-order valence-corrected chi connectivity index (χ3v) is 2.02. The Kier molecular flexibility index (Phi) is 2.32. The zero-order valence-corrected chi connectivity index (χ0v) is 6.99. The van der Waals surface area contributed by atoms with Crippen LogP contribution >= 0.6 is 0 Å². The zero-order chi connectivity index (χ0) is 9.30. The first-order chi connectivity index (χ1) is 5.52. The minimum absolute atomic E-state index is 0.0937. The minimum atomic E-state index is -0.393. The van der Waals surface area contributed by atoms with Crippen LogP contribution in [0.3, 0.4) is 0 Å². The van der Waals surface area contributed by atoms with Crippen LogP contribution in [0, 0.1) is 0 Å². The lowest BCUT2D eigenvalue weighted by molar-refractivity contribution is -0.145. The van der Waals surface area contributed by atoms with Crippen molar-refractivity contribution in [1.82, 2.24) is 4.90 Å². The van der Waals surface area contributed by atoms with Gasteiger partial charge >= 0.3 is 0 Å². The fourth-order valence-corrected chi connectivity index (χ4v) is 1.28. The Morgan fingerprint density at radius 1 is 1.83 bits per heavy atom. The molecule has 1 aliphatic heterocycles. The summed E-state index contributed by atoms with van der Waals surface area (Å²) in [5.41, 5.74) is 10.4. The summed E-state index contributed by atoms with van der Waals surface area (Å²) in [4.78, 5) is 23.1. The van der Waals surface area contributed by atoms with Gasteiger partial charge in [0.25, 0.3) is 0 Å². The normalized spacial score (nSPS) is 25.0. The summed E-state index contributed by atoms with van der Waals surface area (Å²) >= 11 is 0. The second kappa shape index (κ2) is 3.10. The van der Waals surface area contributed by atoms with Gasteiger partial charge in [-0.25, -0.2) is 0 Å². The lowest BCUT2D eigenvalue weighted by Gasteiger charge is -2.40. The number of hydrogen-bond donors (Lipinski definition) is 2. The molecule has 2 atom stereocenters. The third-order valence-electron chi connectivity index (χ3n) is 2.02. The van der Waals surface area contributed by atoms with Gasteiger partial charge < -0.3 is 16.4 Å². The Bertz CT molecular complexity index is 217. The summed E-state index contributed by atoms with van der Waals surface area (Å²) in [6.07, 6.45) is 0.207. The van der Waals surface area contributed by atoms with Crippen molar-refractivity contribution >= 4 is 11.8 Å². The number of nitrogens with two attached hydrogens (primary N) is 2. The molecule has 2 unspecified atom stereocenters. The zero-order valence-electron chi connectivity index (χ0n) is 6.99.